The Morgan fingerprint density at radius 3 is 2.60 bits per heavy atom. The molecule has 0 bridgehead atoms. The summed E-state index contributed by atoms with van der Waals surface area (Å²) in [5.74, 6) is 0.199. The summed E-state index contributed by atoms with van der Waals surface area (Å²) >= 11 is 0. The van der Waals surface area contributed by atoms with Gasteiger partial charge in [0.25, 0.3) is 5.91 Å². The molecule has 2 aromatic rings. The average Bonchev–Trinajstić information content (AvgIpc) is 3.21. The molecule has 0 atom stereocenters. The van der Waals surface area contributed by atoms with Crippen molar-refractivity contribution in [3.8, 4) is 0 Å². The summed E-state index contributed by atoms with van der Waals surface area (Å²) in [7, 11) is 0. The zero-order valence-electron chi connectivity index (χ0n) is 14.2. The van der Waals surface area contributed by atoms with E-state index in [1.54, 1.807) is 6.07 Å². The standard InChI is InChI=1S/C20H22N2O3/c23-19(17-9-13-25-14-17)21-11-7-16(8-12-21)20(24)22-10-3-5-15-4-1-2-6-18(15)22/h1-2,4,6,9,13-14,16H,3,5,7-8,10-12H2. The number of fused-ring (bicyclic) bond motifs is 1. The van der Waals surface area contributed by atoms with Crippen molar-refractivity contribution in [2.75, 3.05) is 24.5 Å². The molecular weight excluding hydrogens is 316 g/mol. The molecule has 5 nitrogen and oxygen atoms in total. The predicted molar refractivity (Wildman–Crippen MR) is 94.5 cm³/mol. The van der Waals surface area contributed by atoms with Crippen LogP contribution >= 0.6 is 0 Å². The van der Waals surface area contributed by atoms with E-state index in [9.17, 15) is 9.59 Å². The van der Waals surface area contributed by atoms with Crippen molar-refractivity contribution in [2.24, 2.45) is 5.92 Å². The molecule has 0 aliphatic carbocycles. The van der Waals surface area contributed by atoms with Gasteiger partial charge in [-0.1, -0.05) is 18.2 Å². The number of para-hydroxylation sites is 1. The largest absolute Gasteiger partial charge is 0.472 e. The van der Waals surface area contributed by atoms with Gasteiger partial charge in [-0.05, 0) is 43.4 Å². The molecule has 0 spiro atoms. The third-order valence-electron chi connectivity index (χ3n) is 5.28. The summed E-state index contributed by atoms with van der Waals surface area (Å²) in [5.41, 5.74) is 2.90. The Morgan fingerprint density at radius 1 is 1.04 bits per heavy atom. The first-order chi connectivity index (χ1) is 12.2. The first-order valence-corrected chi connectivity index (χ1v) is 8.95. The SMILES string of the molecule is O=C(c1ccoc1)N1CCC(C(=O)N2CCCc3ccccc32)CC1. The van der Waals surface area contributed by atoms with E-state index in [0.29, 0.717) is 18.7 Å². The van der Waals surface area contributed by atoms with Gasteiger partial charge in [0, 0.05) is 31.2 Å². The maximum atomic E-state index is 13.0. The number of carbonyl (C=O) groups excluding carboxylic acids is 2. The fourth-order valence-corrected chi connectivity index (χ4v) is 3.88. The van der Waals surface area contributed by atoms with Gasteiger partial charge in [-0.2, -0.15) is 0 Å². The Kier molecular flexibility index (Phi) is 4.30. The smallest absolute Gasteiger partial charge is 0.257 e. The van der Waals surface area contributed by atoms with Crippen LogP contribution in [0.4, 0.5) is 5.69 Å². The number of amides is 2. The minimum atomic E-state index is -0.0111. The molecule has 4 rings (SSSR count). The number of hydrogen-bond donors (Lipinski definition) is 0. The Morgan fingerprint density at radius 2 is 1.84 bits per heavy atom. The lowest BCUT2D eigenvalue weighted by atomic mass is 9.93. The van der Waals surface area contributed by atoms with Crippen LogP contribution in [0, 0.1) is 5.92 Å². The molecule has 1 saturated heterocycles. The Bertz CT molecular complexity index is 761. The fourth-order valence-electron chi connectivity index (χ4n) is 3.88. The van der Waals surface area contributed by atoms with E-state index < -0.39 is 0 Å². The Labute approximate surface area is 147 Å². The third-order valence-corrected chi connectivity index (χ3v) is 5.28. The topological polar surface area (TPSA) is 53.8 Å². The van der Waals surface area contributed by atoms with Crippen molar-refractivity contribution >= 4 is 17.5 Å². The van der Waals surface area contributed by atoms with Crippen molar-refractivity contribution in [3.63, 3.8) is 0 Å². The monoisotopic (exact) mass is 338 g/mol. The van der Waals surface area contributed by atoms with Crippen LogP contribution in [-0.2, 0) is 11.2 Å². The molecule has 1 fully saturated rings. The zero-order valence-corrected chi connectivity index (χ0v) is 14.2. The molecule has 1 aromatic carbocycles. The van der Waals surface area contributed by atoms with Crippen LogP contribution in [0.25, 0.3) is 0 Å². The number of likely N-dealkylation sites (tertiary alicyclic amines) is 1. The maximum Gasteiger partial charge on any atom is 0.257 e. The van der Waals surface area contributed by atoms with Crippen molar-refractivity contribution in [3.05, 3.63) is 54.0 Å². The fraction of sp³-hybridized carbons (Fsp3) is 0.400. The molecule has 2 aliphatic rings. The quantitative estimate of drug-likeness (QED) is 0.845. The zero-order chi connectivity index (χ0) is 17.2. The van der Waals surface area contributed by atoms with Gasteiger partial charge in [-0.15, -0.1) is 0 Å². The predicted octanol–water partition coefficient (Wildman–Crippen LogP) is 3.11. The Balaban J connectivity index is 1.41. The van der Waals surface area contributed by atoms with Gasteiger partial charge in [-0.3, -0.25) is 9.59 Å². The molecule has 2 amide bonds. The molecule has 0 radical (unpaired) electrons. The van der Waals surface area contributed by atoms with Crippen molar-refractivity contribution < 1.29 is 14.0 Å². The highest BCUT2D eigenvalue weighted by Crippen LogP contribution is 2.30. The number of benzene rings is 1. The van der Waals surface area contributed by atoms with Crippen molar-refractivity contribution in [1.29, 1.82) is 0 Å². The number of furan rings is 1. The number of hydrogen-bond acceptors (Lipinski definition) is 3. The average molecular weight is 338 g/mol. The molecule has 0 N–H and O–H groups in total. The maximum absolute atomic E-state index is 13.0. The van der Waals surface area contributed by atoms with Crippen LogP contribution in [0.5, 0.6) is 0 Å². The van der Waals surface area contributed by atoms with Gasteiger partial charge in [-0.25, -0.2) is 0 Å². The molecule has 3 heterocycles. The molecule has 25 heavy (non-hydrogen) atoms. The summed E-state index contributed by atoms with van der Waals surface area (Å²) in [6.45, 7) is 2.04. The first kappa shape index (κ1) is 15.9. The molecule has 0 saturated carbocycles. The number of piperidine rings is 1. The number of carbonyl (C=O) groups is 2. The van der Waals surface area contributed by atoms with E-state index in [0.717, 1.165) is 37.9 Å². The van der Waals surface area contributed by atoms with E-state index in [2.05, 4.69) is 6.07 Å². The molecule has 0 unspecified atom stereocenters. The molecule has 1 aromatic heterocycles. The van der Waals surface area contributed by atoms with E-state index in [4.69, 9.17) is 4.42 Å². The highest BCUT2D eigenvalue weighted by atomic mass is 16.3. The minimum absolute atomic E-state index is 0.000411. The van der Waals surface area contributed by atoms with Crippen LogP contribution in [0.2, 0.25) is 0 Å². The van der Waals surface area contributed by atoms with Gasteiger partial charge in [0.05, 0.1) is 11.8 Å². The molecule has 2 aliphatic heterocycles. The lowest BCUT2D eigenvalue weighted by Crippen LogP contribution is -2.45. The first-order valence-electron chi connectivity index (χ1n) is 8.95. The van der Waals surface area contributed by atoms with E-state index in [1.165, 1.54) is 18.1 Å². The van der Waals surface area contributed by atoms with E-state index in [-0.39, 0.29) is 17.7 Å². The summed E-state index contributed by atoms with van der Waals surface area (Å²) in [6, 6.07) is 9.87. The van der Waals surface area contributed by atoms with Crippen LogP contribution in [0.1, 0.15) is 35.2 Å². The number of aryl methyl sites for hydroxylation is 1. The van der Waals surface area contributed by atoms with Crippen LogP contribution < -0.4 is 4.90 Å². The molecule has 5 heteroatoms. The lowest BCUT2D eigenvalue weighted by molar-refractivity contribution is -0.123. The van der Waals surface area contributed by atoms with Gasteiger partial charge < -0.3 is 14.2 Å². The van der Waals surface area contributed by atoms with E-state index in [1.807, 2.05) is 28.0 Å². The second-order valence-corrected chi connectivity index (χ2v) is 6.80. The van der Waals surface area contributed by atoms with Crippen LogP contribution in [0.3, 0.4) is 0 Å². The third kappa shape index (κ3) is 3.06. The number of rotatable bonds is 2. The summed E-state index contributed by atoms with van der Waals surface area (Å²) in [5, 5.41) is 0. The second kappa shape index (κ2) is 6.75. The molecular formula is C20H22N2O3. The van der Waals surface area contributed by atoms with Crippen molar-refractivity contribution in [2.45, 2.75) is 25.7 Å². The van der Waals surface area contributed by atoms with Crippen molar-refractivity contribution in [1.82, 2.24) is 4.90 Å². The van der Waals surface area contributed by atoms with Gasteiger partial charge >= 0.3 is 0 Å². The summed E-state index contributed by atoms with van der Waals surface area (Å²) in [6.07, 6.45) is 6.49. The Hall–Kier alpha value is -2.56. The van der Waals surface area contributed by atoms with Gasteiger partial charge in [0.2, 0.25) is 5.91 Å². The van der Waals surface area contributed by atoms with Gasteiger partial charge in [0.1, 0.15) is 6.26 Å². The highest BCUT2D eigenvalue weighted by Gasteiger charge is 2.32. The van der Waals surface area contributed by atoms with Gasteiger partial charge in [0.15, 0.2) is 0 Å². The van der Waals surface area contributed by atoms with Crippen LogP contribution in [-0.4, -0.2) is 36.3 Å². The number of nitrogens with zero attached hydrogens (tertiary/aromatic N) is 2. The highest BCUT2D eigenvalue weighted by molar-refractivity contribution is 5.97. The lowest BCUT2D eigenvalue weighted by Gasteiger charge is -2.36. The molecule has 130 valence electrons. The van der Waals surface area contributed by atoms with Crippen LogP contribution in [0.15, 0.2) is 47.3 Å². The second-order valence-electron chi connectivity index (χ2n) is 6.80. The number of anilines is 1. The van der Waals surface area contributed by atoms with E-state index >= 15 is 0 Å². The normalized spacial score (nSPS) is 18.1. The summed E-state index contributed by atoms with van der Waals surface area (Å²) in [4.78, 5) is 29.2. The summed E-state index contributed by atoms with van der Waals surface area (Å²) < 4.78 is 4.99. The minimum Gasteiger partial charge on any atom is -0.472 e.